The normalized spacial score (nSPS) is 7.46. The highest BCUT2D eigenvalue weighted by Crippen LogP contribution is 1.88. The third kappa shape index (κ3) is 95.9. The predicted octanol–water partition coefficient (Wildman–Crippen LogP) is 9.36. The van der Waals surface area contributed by atoms with Gasteiger partial charge in [0.15, 0.2) is 0 Å². The molecule has 37 heavy (non-hydrogen) atoms. The number of rotatable bonds is 13. The minimum absolute atomic E-state index is 0. The molecule has 238 valence electrons. The zero-order chi connectivity index (χ0) is 24.6. The Labute approximate surface area is 236 Å². The zero-order valence-electron chi connectivity index (χ0n) is 21.6. The third-order valence-corrected chi connectivity index (χ3v) is 3.00. The molecule has 0 saturated carbocycles. The largest absolute Gasteiger partial charge is 0.450 e. The monoisotopic (exact) mass is 549 g/mol. The summed E-state index contributed by atoms with van der Waals surface area (Å²) in [6.07, 6.45) is 5.38. The molecule has 0 unspecified atom stereocenters. The summed E-state index contributed by atoms with van der Waals surface area (Å²) in [4.78, 5) is 21.1. The van der Waals surface area contributed by atoms with E-state index in [0.29, 0.717) is 39.5 Å². The van der Waals surface area contributed by atoms with Crippen LogP contribution in [-0.4, -0.2) is 64.9 Å². The molecule has 0 fully saturated rings. The Morgan fingerprint density at radius 3 is 1.08 bits per heavy atom. The standard InChI is InChI=1S/C7H15NO3.C6H13NO2.C5H12O.C5H12.6CH4/c1-3-8-7(9)11-6-5-10-4-2;1-3-5-9-6(8)7-4-2;1-3-5-6-4-2;1-3-5-4-2;;;;;;/h3-6H2,1-2H3,(H,8,9);3-5H2,1-2H3,(H,7,8);3-5H2,1-2H3;3-5H2,1-2H3;6*1H4. The van der Waals surface area contributed by atoms with Gasteiger partial charge in [0.2, 0.25) is 0 Å². The molecule has 8 nitrogen and oxygen atoms in total. The Hall–Kier alpha value is -1.54. The van der Waals surface area contributed by atoms with Gasteiger partial charge in [-0.2, -0.15) is 0 Å². The average molecular weight is 549 g/mol. The second-order valence-electron chi connectivity index (χ2n) is 6.08. The van der Waals surface area contributed by atoms with Gasteiger partial charge in [-0.05, 0) is 40.5 Å². The van der Waals surface area contributed by atoms with Crippen molar-refractivity contribution >= 4 is 12.2 Å². The molecule has 0 spiro atoms. The van der Waals surface area contributed by atoms with Crippen molar-refractivity contribution < 1.29 is 28.5 Å². The number of amides is 2. The molecule has 0 aliphatic rings. The van der Waals surface area contributed by atoms with Crippen LogP contribution >= 0.6 is 0 Å². The van der Waals surface area contributed by atoms with E-state index in [0.717, 1.165) is 26.1 Å². The first-order valence-electron chi connectivity index (χ1n) is 11.9. The maximum Gasteiger partial charge on any atom is 0.407 e. The number of alkyl carbamates (subject to hydrolysis) is 2. The number of hydrogen-bond donors (Lipinski definition) is 2. The lowest BCUT2D eigenvalue weighted by Gasteiger charge is -2.04. The van der Waals surface area contributed by atoms with Gasteiger partial charge in [0.25, 0.3) is 0 Å². The second-order valence-corrected chi connectivity index (χ2v) is 6.08. The number of ether oxygens (including phenoxy) is 4. The molecule has 0 heterocycles. The van der Waals surface area contributed by atoms with Crippen molar-refractivity contribution in [3.05, 3.63) is 0 Å². The summed E-state index contributed by atoms with van der Waals surface area (Å²) in [5, 5.41) is 5.02. The van der Waals surface area contributed by atoms with Crippen molar-refractivity contribution in [1.29, 1.82) is 0 Å². The number of carbonyl (C=O) groups excluding carboxylic acids is 2. The van der Waals surface area contributed by atoms with Gasteiger partial charge >= 0.3 is 12.2 Å². The Morgan fingerprint density at radius 1 is 0.486 bits per heavy atom. The summed E-state index contributed by atoms with van der Waals surface area (Å²) in [6.45, 7) is 21.0. The van der Waals surface area contributed by atoms with Crippen molar-refractivity contribution in [3.8, 4) is 0 Å². The van der Waals surface area contributed by atoms with Crippen LogP contribution in [0.3, 0.4) is 0 Å². The van der Waals surface area contributed by atoms with Crippen LogP contribution in [0.4, 0.5) is 9.59 Å². The maximum atomic E-state index is 10.6. The van der Waals surface area contributed by atoms with Crippen LogP contribution < -0.4 is 10.6 Å². The molecule has 0 atom stereocenters. The Morgan fingerprint density at radius 2 is 0.838 bits per heavy atom. The molecule has 0 bridgehead atoms. The van der Waals surface area contributed by atoms with Crippen molar-refractivity contribution in [2.75, 3.05) is 52.7 Å². The molecular weight excluding hydrogens is 472 g/mol. The zero-order valence-corrected chi connectivity index (χ0v) is 21.6. The van der Waals surface area contributed by atoms with E-state index < -0.39 is 0 Å². The molecule has 2 N–H and O–H groups in total. The molecule has 0 aromatic rings. The van der Waals surface area contributed by atoms with Crippen LogP contribution in [-0.2, 0) is 18.9 Å². The summed E-state index contributed by atoms with van der Waals surface area (Å²) in [5.74, 6) is 0. The summed E-state index contributed by atoms with van der Waals surface area (Å²) in [5.41, 5.74) is 0. The number of unbranched alkanes of at least 4 members (excludes halogenated alkanes) is 2. The highest BCUT2D eigenvalue weighted by molar-refractivity contribution is 5.67. The van der Waals surface area contributed by atoms with Crippen LogP contribution in [0.5, 0.6) is 0 Å². The van der Waals surface area contributed by atoms with E-state index in [1.807, 2.05) is 34.6 Å². The first-order valence-corrected chi connectivity index (χ1v) is 11.9. The van der Waals surface area contributed by atoms with Gasteiger partial charge in [0.1, 0.15) is 6.61 Å². The Bertz CT molecular complexity index is 328. The van der Waals surface area contributed by atoms with E-state index in [2.05, 4.69) is 36.1 Å². The molecule has 0 aromatic heterocycles. The van der Waals surface area contributed by atoms with E-state index in [1.54, 1.807) is 0 Å². The van der Waals surface area contributed by atoms with Gasteiger partial charge in [-0.1, -0.05) is 91.5 Å². The van der Waals surface area contributed by atoms with Gasteiger partial charge in [0.05, 0.1) is 13.2 Å². The molecule has 8 heteroatoms. The quantitative estimate of drug-likeness (QED) is 0.223. The van der Waals surface area contributed by atoms with Gasteiger partial charge in [-0.3, -0.25) is 0 Å². The molecule has 0 rings (SSSR count). The summed E-state index contributed by atoms with van der Waals surface area (Å²) < 4.78 is 19.3. The van der Waals surface area contributed by atoms with E-state index in [-0.39, 0.29) is 56.7 Å². The SMILES string of the molecule is C.C.C.C.C.C.CCCCC.CCCOC(=O)NCC.CCCOCC.CCNC(=O)OCCOCC. The van der Waals surface area contributed by atoms with Crippen LogP contribution in [0.1, 0.15) is 132 Å². The van der Waals surface area contributed by atoms with E-state index in [9.17, 15) is 9.59 Å². The Balaban J connectivity index is -0.0000000323. The number of carbonyl (C=O) groups is 2. The first-order chi connectivity index (χ1) is 14.9. The van der Waals surface area contributed by atoms with E-state index in [1.165, 1.54) is 19.3 Å². The second kappa shape index (κ2) is 70.1. The lowest BCUT2D eigenvalue weighted by molar-refractivity contribution is 0.0791. The lowest BCUT2D eigenvalue weighted by atomic mass is 10.3. The molecule has 2 amide bonds. The van der Waals surface area contributed by atoms with E-state index >= 15 is 0 Å². The highest BCUT2D eigenvalue weighted by atomic mass is 16.6. The van der Waals surface area contributed by atoms with Crippen molar-refractivity contribution in [2.45, 2.75) is 132 Å². The van der Waals surface area contributed by atoms with Gasteiger partial charge in [-0.25, -0.2) is 9.59 Å². The minimum atomic E-state index is -0.382. The molecule has 0 aromatic carbocycles. The van der Waals surface area contributed by atoms with Crippen LogP contribution in [0.2, 0.25) is 0 Å². The predicted molar refractivity (Wildman–Crippen MR) is 169 cm³/mol. The van der Waals surface area contributed by atoms with Crippen molar-refractivity contribution in [2.24, 2.45) is 0 Å². The van der Waals surface area contributed by atoms with Gasteiger partial charge in [0, 0.05) is 32.9 Å². The van der Waals surface area contributed by atoms with Crippen molar-refractivity contribution in [3.63, 3.8) is 0 Å². The van der Waals surface area contributed by atoms with Crippen LogP contribution in [0.25, 0.3) is 0 Å². The number of hydrogen-bond acceptors (Lipinski definition) is 6. The average Bonchev–Trinajstić information content (AvgIpc) is 2.76. The lowest BCUT2D eigenvalue weighted by Crippen LogP contribution is -2.25. The smallest absolute Gasteiger partial charge is 0.407 e. The molecule has 0 radical (unpaired) electrons. The third-order valence-electron chi connectivity index (χ3n) is 3.00. The number of nitrogens with one attached hydrogen (secondary N) is 2. The fourth-order valence-corrected chi connectivity index (χ4v) is 1.57. The summed E-state index contributed by atoms with van der Waals surface area (Å²) in [7, 11) is 0. The fourth-order valence-electron chi connectivity index (χ4n) is 1.57. The van der Waals surface area contributed by atoms with Crippen LogP contribution in [0.15, 0.2) is 0 Å². The maximum absolute atomic E-state index is 10.6. The van der Waals surface area contributed by atoms with Gasteiger partial charge in [-0.15, -0.1) is 0 Å². The molecule has 0 aliphatic carbocycles. The molecular formula is C29H76N2O6. The summed E-state index contributed by atoms with van der Waals surface area (Å²) in [6, 6.07) is 0. The van der Waals surface area contributed by atoms with Crippen molar-refractivity contribution in [1.82, 2.24) is 10.6 Å². The van der Waals surface area contributed by atoms with Gasteiger partial charge < -0.3 is 29.6 Å². The molecule has 0 saturated heterocycles. The summed E-state index contributed by atoms with van der Waals surface area (Å²) >= 11 is 0. The molecule has 0 aliphatic heterocycles. The topological polar surface area (TPSA) is 95.1 Å². The van der Waals surface area contributed by atoms with Crippen LogP contribution in [0, 0.1) is 0 Å². The Kier molecular flexibility index (Phi) is 123. The highest BCUT2D eigenvalue weighted by Gasteiger charge is 1.97. The van der Waals surface area contributed by atoms with E-state index in [4.69, 9.17) is 14.2 Å². The first kappa shape index (κ1) is 65.0. The minimum Gasteiger partial charge on any atom is -0.450 e. The fraction of sp³-hybridized carbons (Fsp3) is 0.931.